The number of carbonyl (C=O) groups excluding carboxylic acids is 1. The lowest BCUT2D eigenvalue weighted by molar-refractivity contribution is 0.0730. The van der Waals surface area contributed by atoms with Crippen LogP contribution in [0.5, 0.6) is 0 Å². The number of nitrogens with zero attached hydrogens (tertiary/aromatic N) is 1. The zero-order valence-electron chi connectivity index (χ0n) is 16.9. The number of para-hydroxylation sites is 1. The molecule has 0 spiro atoms. The van der Waals surface area contributed by atoms with E-state index in [0.29, 0.717) is 18.9 Å². The smallest absolute Gasteiger partial charge is 0.257 e. The van der Waals surface area contributed by atoms with Crippen LogP contribution < -0.4 is 5.32 Å². The molecule has 0 radical (unpaired) electrons. The SMILES string of the molecule is O=C(Nc1ccccc1-c1ccccc1)c1cc(S(=O)(=O)N2CCOCC2)c(Cl)cc1Cl. The summed E-state index contributed by atoms with van der Waals surface area (Å²) in [4.78, 5) is 13.0. The molecule has 0 saturated carbocycles. The van der Waals surface area contributed by atoms with Gasteiger partial charge in [0.1, 0.15) is 4.90 Å². The Hall–Kier alpha value is -2.42. The molecule has 0 atom stereocenters. The van der Waals surface area contributed by atoms with Crippen molar-refractivity contribution in [2.24, 2.45) is 0 Å². The third-order valence-corrected chi connectivity index (χ3v) is 7.79. The average Bonchev–Trinajstić information content (AvgIpc) is 2.80. The quantitative estimate of drug-likeness (QED) is 0.549. The topological polar surface area (TPSA) is 75.7 Å². The van der Waals surface area contributed by atoms with Gasteiger partial charge in [-0.25, -0.2) is 8.42 Å². The van der Waals surface area contributed by atoms with E-state index in [4.69, 9.17) is 27.9 Å². The van der Waals surface area contributed by atoms with Crippen molar-refractivity contribution in [3.8, 4) is 11.1 Å². The highest BCUT2D eigenvalue weighted by Crippen LogP contribution is 2.33. The van der Waals surface area contributed by atoms with E-state index in [-0.39, 0.29) is 33.6 Å². The molecule has 1 fully saturated rings. The van der Waals surface area contributed by atoms with Gasteiger partial charge in [0.05, 0.1) is 28.8 Å². The van der Waals surface area contributed by atoms with Gasteiger partial charge >= 0.3 is 0 Å². The molecule has 3 aromatic rings. The van der Waals surface area contributed by atoms with Gasteiger partial charge in [-0.05, 0) is 23.8 Å². The van der Waals surface area contributed by atoms with Gasteiger partial charge in [0.15, 0.2) is 0 Å². The van der Waals surface area contributed by atoms with Gasteiger partial charge in [-0.1, -0.05) is 71.7 Å². The molecule has 4 rings (SSSR count). The van der Waals surface area contributed by atoms with Crippen LogP contribution in [0.15, 0.2) is 71.6 Å². The van der Waals surface area contributed by atoms with Gasteiger partial charge < -0.3 is 10.1 Å². The van der Waals surface area contributed by atoms with Gasteiger partial charge in [-0.3, -0.25) is 4.79 Å². The molecule has 9 heteroatoms. The summed E-state index contributed by atoms with van der Waals surface area (Å²) >= 11 is 12.5. The van der Waals surface area contributed by atoms with E-state index in [9.17, 15) is 13.2 Å². The lowest BCUT2D eigenvalue weighted by Crippen LogP contribution is -2.40. The van der Waals surface area contributed by atoms with Crippen LogP contribution in [0.4, 0.5) is 5.69 Å². The molecule has 3 aromatic carbocycles. The number of nitrogens with one attached hydrogen (secondary N) is 1. The molecular weight excluding hydrogens is 471 g/mol. The van der Waals surface area contributed by atoms with E-state index >= 15 is 0 Å². The summed E-state index contributed by atoms with van der Waals surface area (Å²) in [6.07, 6.45) is 0. The monoisotopic (exact) mass is 490 g/mol. The maximum absolute atomic E-state index is 13.1. The van der Waals surface area contributed by atoms with Crippen molar-refractivity contribution in [3.05, 3.63) is 82.3 Å². The van der Waals surface area contributed by atoms with E-state index in [2.05, 4.69) is 5.32 Å². The average molecular weight is 491 g/mol. The van der Waals surface area contributed by atoms with Gasteiger partial charge in [0, 0.05) is 24.3 Å². The first-order chi connectivity index (χ1) is 15.4. The summed E-state index contributed by atoms with van der Waals surface area (Å²) in [7, 11) is -3.91. The van der Waals surface area contributed by atoms with Crippen LogP contribution in [-0.4, -0.2) is 44.9 Å². The van der Waals surface area contributed by atoms with Gasteiger partial charge in [-0.15, -0.1) is 0 Å². The Morgan fingerprint density at radius 3 is 2.28 bits per heavy atom. The normalized spacial score (nSPS) is 14.8. The number of carbonyl (C=O) groups is 1. The largest absolute Gasteiger partial charge is 0.379 e. The van der Waals surface area contributed by atoms with Crippen molar-refractivity contribution >= 4 is 44.8 Å². The summed E-state index contributed by atoms with van der Waals surface area (Å²) in [5.74, 6) is -0.534. The van der Waals surface area contributed by atoms with Crippen molar-refractivity contribution in [2.75, 3.05) is 31.6 Å². The number of ether oxygens (including phenoxy) is 1. The van der Waals surface area contributed by atoms with Crippen LogP contribution in [0.1, 0.15) is 10.4 Å². The van der Waals surface area contributed by atoms with Gasteiger partial charge in [0.2, 0.25) is 10.0 Å². The molecule has 0 aliphatic carbocycles. The van der Waals surface area contributed by atoms with Crippen LogP contribution in [0, 0.1) is 0 Å². The molecule has 1 N–H and O–H groups in total. The highest BCUT2D eigenvalue weighted by atomic mass is 35.5. The minimum absolute atomic E-state index is 0.0192. The lowest BCUT2D eigenvalue weighted by Gasteiger charge is -2.26. The summed E-state index contributed by atoms with van der Waals surface area (Å²) in [5.41, 5.74) is 2.35. The zero-order chi connectivity index (χ0) is 22.7. The van der Waals surface area contributed by atoms with E-state index < -0.39 is 15.9 Å². The third-order valence-electron chi connectivity index (χ3n) is 5.11. The fourth-order valence-electron chi connectivity index (χ4n) is 3.48. The predicted molar refractivity (Wildman–Crippen MR) is 126 cm³/mol. The molecule has 1 aliphatic heterocycles. The van der Waals surface area contributed by atoms with Crippen LogP contribution in [0.3, 0.4) is 0 Å². The number of benzene rings is 3. The van der Waals surface area contributed by atoms with Crippen molar-refractivity contribution in [3.63, 3.8) is 0 Å². The first kappa shape index (κ1) is 22.8. The first-order valence-electron chi connectivity index (χ1n) is 9.90. The summed E-state index contributed by atoms with van der Waals surface area (Å²) in [5, 5.41) is 2.87. The number of rotatable bonds is 5. The Kier molecular flexibility index (Phi) is 6.83. The fourth-order valence-corrected chi connectivity index (χ4v) is 5.72. The van der Waals surface area contributed by atoms with Crippen molar-refractivity contribution in [1.82, 2.24) is 4.31 Å². The molecule has 1 aliphatic rings. The number of amides is 1. The maximum Gasteiger partial charge on any atom is 0.257 e. The van der Waals surface area contributed by atoms with E-state index in [1.165, 1.54) is 16.4 Å². The Labute approximate surface area is 196 Å². The molecule has 0 unspecified atom stereocenters. The van der Waals surface area contributed by atoms with E-state index in [1.807, 2.05) is 42.5 Å². The highest BCUT2D eigenvalue weighted by molar-refractivity contribution is 7.89. The zero-order valence-corrected chi connectivity index (χ0v) is 19.3. The second kappa shape index (κ2) is 9.60. The number of halogens is 2. The Balaban J connectivity index is 1.68. The lowest BCUT2D eigenvalue weighted by atomic mass is 10.0. The van der Waals surface area contributed by atoms with E-state index in [1.54, 1.807) is 12.1 Å². The number of anilines is 1. The summed E-state index contributed by atoms with van der Waals surface area (Å²) in [6.45, 7) is 1.03. The predicted octanol–water partition coefficient (Wildman–Crippen LogP) is 4.93. The van der Waals surface area contributed by atoms with Crippen LogP contribution in [-0.2, 0) is 14.8 Å². The molecule has 0 bridgehead atoms. The second-order valence-electron chi connectivity index (χ2n) is 7.14. The Morgan fingerprint density at radius 1 is 0.906 bits per heavy atom. The molecule has 0 aromatic heterocycles. The maximum atomic E-state index is 13.1. The summed E-state index contributed by atoms with van der Waals surface area (Å²) in [6, 6.07) is 19.5. The molecule has 32 heavy (non-hydrogen) atoms. The van der Waals surface area contributed by atoms with Gasteiger partial charge in [0.25, 0.3) is 5.91 Å². The molecule has 1 amide bonds. The number of morpholine rings is 1. The third kappa shape index (κ3) is 4.67. The number of sulfonamides is 1. The fraction of sp³-hybridized carbons (Fsp3) is 0.174. The molecular formula is C23H20Cl2N2O4S. The van der Waals surface area contributed by atoms with Crippen molar-refractivity contribution < 1.29 is 17.9 Å². The minimum Gasteiger partial charge on any atom is -0.379 e. The van der Waals surface area contributed by atoms with Crippen molar-refractivity contribution in [2.45, 2.75) is 4.90 Å². The van der Waals surface area contributed by atoms with Crippen molar-refractivity contribution in [1.29, 1.82) is 0 Å². The minimum atomic E-state index is -3.91. The molecule has 166 valence electrons. The number of hydrogen-bond donors (Lipinski definition) is 1. The van der Waals surface area contributed by atoms with E-state index in [0.717, 1.165) is 11.1 Å². The molecule has 1 saturated heterocycles. The van der Waals surface area contributed by atoms with Crippen LogP contribution in [0.25, 0.3) is 11.1 Å². The molecule has 1 heterocycles. The van der Waals surface area contributed by atoms with Crippen LogP contribution in [0.2, 0.25) is 10.0 Å². The Bertz CT molecular complexity index is 1240. The summed E-state index contributed by atoms with van der Waals surface area (Å²) < 4.78 is 32.7. The second-order valence-corrected chi connectivity index (χ2v) is 9.87. The highest BCUT2D eigenvalue weighted by Gasteiger charge is 2.30. The van der Waals surface area contributed by atoms with Gasteiger partial charge in [-0.2, -0.15) is 4.31 Å². The van der Waals surface area contributed by atoms with Crippen LogP contribution >= 0.6 is 23.2 Å². The Morgan fingerprint density at radius 2 is 1.56 bits per heavy atom. The standard InChI is InChI=1S/C23H20Cl2N2O4S/c24-19-15-20(25)22(32(29,30)27-10-12-31-13-11-27)14-18(19)23(28)26-21-9-5-4-8-17(21)16-6-2-1-3-7-16/h1-9,14-15H,10-13H2,(H,26,28). The first-order valence-corrected chi connectivity index (χ1v) is 12.1. The number of hydrogen-bond acceptors (Lipinski definition) is 4. The molecule has 6 nitrogen and oxygen atoms in total.